The van der Waals surface area contributed by atoms with Crippen molar-refractivity contribution >= 4 is 10.0 Å². The first kappa shape index (κ1) is 17.0. The van der Waals surface area contributed by atoms with E-state index in [1.54, 1.807) is 0 Å². The van der Waals surface area contributed by atoms with Crippen molar-refractivity contribution in [2.45, 2.75) is 50.5 Å². The predicted molar refractivity (Wildman–Crippen MR) is 83.4 cm³/mol. The van der Waals surface area contributed by atoms with Gasteiger partial charge in [-0.15, -0.1) is 0 Å². The molecule has 1 N–H and O–H groups in total. The molecule has 0 spiro atoms. The molecule has 0 amide bonds. The van der Waals surface area contributed by atoms with Gasteiger partial charge in [-0.3, -0.25) is 13.9 Å². The molecule has 0 radical (unpaired) electrons. The molecule has 2 rings (SSSR count). The fourth-order valence-electron chi connectivity index (χ4n) is 2.97. The minimum absolute atomic E-state index is 0.157. The Labute approximate surface area is 130 Å². The number of aromatic nitrogens is 2. The van der Waals surface area contributed by atoms with Crippen LogP contribution in [-0.4, -0.2) is 23.6 Å². The van der Waals surface area contributed by atoms with Crippen LogP contribution in [0.5, 0.6) is 0 Å². The largest absolute Gasteiger partial charge is 0.330 e. The highest BCUT2D eigenvalue weighted by atomic mass is 32.2. The maximum atomic E-state index is 12.7. The zero-order chi connectivity index (χ0) is 16.7. The lowest BCUT2D eigenvalue weighted by atomic mass is 9.87. The summed E-state index contributed by atoms with van der Waals surface area (Å²) in [5, 5.41) is 0. The van der Waals surface area contributed by atoms with Crippen LogP contribution >= 0.6 is 0 Å². The Morgan fingerprint density at radius 1 is 1.09 bits per heavy atom. The number of hydrogen-bond donors (Lipinski definition) is 1. The molecule has 2 atom stereocenters. The zero-order valence-corrected chi connectivity index (χ0v) is 14.2. The number of nitrogens with zero attached hydrogens (tertiary/aromatic N) is 2. The summed E-state index contributed by atoms with van der Waals surface area (Å²) in [5.41, 5.74) is -1.16. The highest BCUT2D eigenvalue weighted by Gasteiger charge is 2.30. The SMILES string of the molecule is Cc1c(S(=O)(=O)N[C@@H]2CCCC[C@H]2C)c(=O)n(C)c(=O)n1C. The van der Waals surface area contributed by atoms with Crippen LogP contribution in [0.25, 0.3) is 0 Å². The minimum atomic E-state index is -3.96. The van der Waals surface area contributed by atoms with Crippen molar-refractivity contribution in [3.05, 3.63) is 26.5 Å². The van der Waals surface area contributed by atoms with Gasteiger partial charge in [-0.2, -0.15) is 0 Å². The van der Waals surface area contributed by atoms with Crippen molar-refractivity contribution in [3.8, 4) is 0 Å². The van der Waals surface area contributed by atoms with E-state index in [1.165, 1.54) is 25.6 Å². The van der Waals surface area contributed by atoms with Crippen LogP contribution in [-0.2, 0) is 24.1 Å². The predicted octanol–water partition coefficient (Wildman–Crippen LogP) is 0.249. The third-order valence-electron chi connectivity index (χ3n) is 4.59. The van der Waals surface area contributed by atoms with E-state index in [2.05, 4.69) is 4.72 Å². The molecule has 22 heavy (non-hydrogen) atoms. The van der Waals surface area contributed by atoms with Crippen LogP contribution in [0.4, 0.5) is 0 Å². The van der Waals surface area contributed by atoms with E-state index in [4.69, 9.17) is 0 Å². The first-order valence-corrected chi connectivity index (χ1v) is 8.94. The average Bonchev–Trinajstić information content (AvgIpc) is 2.45. The molecule has 0 aliphatic heterocycles. The zero-order valence-electron chi connectivity index (χ0n) is 13.4. The molecule has 1 aromatic rings. The van der Waals surface area contributed by atoms with Gasteiger partial charge in [0.05, 0.1) is 0 Å². The van der Waals surface area contributed by atoms with Crippen molar-refractivity contribution in [2.75, 3.05) is 0 Å². The molecule has 124 valence electrons. The van der Waals surface area contributed by atoms with Crippen LogP contribution in [0.15, 0.2) is 14.5 Å². The van der Waals surface area contributed by atoms with E-state index in [0.717, 1.165) is 30.3 Å². The third kappa shape index (κ3) is 2.89. The molecule has 0 saturated heterocycles. The summed E-state index contributed by atoms with van der Waals surface area (Å²) in [5.74, 6) is 0.236. The van der Waals surface area contributed by atoms with Crippen LogP contribution in [0.3, 0.4) is 0 Å². The van der Waals surface area contributed by atoms with Crippen molar-refractivity contribution in [3.63, 3.8) is 0 Å². The molecular weight excluding hydrogens is 306 g/mol. The second-order valence-corrected chi connectivity index (χ2v) is 7.76. The van der Waals surface area contributed by atoms with Gasteiger partial charge in [0.25, 0.3) is 5.56 Å². The van der Waals surface area contributed by atoms with E-state index in [0.29, 0.717) is 0 Å². The Morgan fingerprint density at radius 2 is 1.68 bits per heavy atom. The van der Waals surface area contributed by atoms with Crippen molar-refractivity contribution in [1.82, 2.24) is 13.9 Å². The van der Waals surface area contributed by atoms with E-state index < -0.39 is 21.3 Å². The fourth-order valence-corrected chi connectivity index (χ4v) is 4.73. The van der Waals surface area contributed by atoms with Crippen LogP contribution in [0.2, 0.25) is 0 Å². The standard InChI is InChI=1S/C14H23N3O4S/c1-9-7-5-6-8-11(9)15-22(20,21)12-10(2)16(3)14(19)17(4)13(12)18/h9,11,15H,5-8H2,1-4H3/t9-,11-/m1/s1. The normalized spacial score (nSPS) is 22.7. The van der Waals surface area contributed by atoms with Crippen LogP contribution in [0.1, 0.15) is 38.3 Å². The van der Waals surface area contributed by atoms with Gasteiger partial charge < -0.3 is 0 Å². The first-order valence-electron chi connectivity index (χ1n) is 7.45. The molecule has 7 nitrogen and oxygen atoms in total. The summed E-state index contributed by atoms with van der Waals surface area (Å²) in [6.45, 7) is 3.49. The van der Waals surface area contributed by atoms with Crippen molar-refractivity contribution < 1.29 is 8.42 Å². The van der Waals surface area contributed by atoms with Gasteiger partial charge in [0.15, 0.2) is 4.90 Å². The van der Waals surface area contributed by atoms with Crippen LogP contribution in [0, 0.1) is 12.8 Å². The van der Waals surface area contributed by atoms with Crippen molar-refractivity contribution in [1.29, 1.82) is 0 Å². The van der Waals surface area contributed by atoms with Gasteiger partial charge in [0.2, 0.25) is 10.0 Å². The molecule has 1 saturated carbocycles. The number of hydrogen-bond acceptors (Lipinski definition) is 4. The smallest absolute Gasteiger partial charge is 0.300 e. The Morgan fingerprint density at radius 3 is 2.27 bits per heavy atom. The Balaban J connectivity index is 2.51. The quantitative estimate of drug-likeness (QED) is 0.861. The fraction of sp³-hybridized carbons (Fsp3) is 0.714. The highest BCUT2D eigenvalue weighted by Crippen LogP contribution is 2.25. The van der Waals surface area contributed by atoms with E-state index >= 15 is 0 Å². The first-order chi connectivity index (χ1) is 10.2. The Kier molecular flexibility index (Phi) is 4.62. The second-order valence-electron chi connectivity index (χ2n) is 6.11. The molecular formula is C14H23N3O4S. The molecule has 8 heteroatoms. The van der Waals surface area contributed by atoms with Crippen molar-refractivity contribution in [2.24, 2.45) is 20.0 Å². The molecule has 1 fully saturated rings. The molecule has 1 aliphatic rings. The summed E-state index contributed by atoms with van der Waals surface area (Å²) in [6.07, 6.45) is 3.81. The second kappa shape index (κ2) is 6.00. The number of sulfonamides is 1. The lowest BCUT2D eigenvalue weighted by Crippen LogP contribution is -2.47. The topological polar surface area (TPSA) is 90.2 Å². The van der Waals surface area contributed by atoms with Gasteiger partial charge in [-0.1, -0.05) is 19.8 Å². The maximum absolute atomic E-state index is 12.7. The lowest BCUT2D eigenvalue weighted by Gasteiger charge is -2.29. The average molecular weight is 329 g/mol. The summed E-state index contributed by atoms with van der Waals surface area (Å²) < 4.78 is 30.0. The van der Waals surface area contributed by atoms with Gasteiger partial charge in [-0.05, 0) is 25.7 Å². The van der Waals surface area contributed by atoms with Gasteiger partial charge >= 0.3 is 5.69 Å². The summed E-state index contributed by atoms with van der Waals surface area (Å²) in [6, 6.07) is -0.167. The molecule has 0 unspecified atom stereocenters. The number of rotatable bonds is 3. The van der Waals surface area contributed by atoms with Gasteiger partial charge in [0.1, 0.15) is 0 Å². The molecule has 1 heterocycles. The molecule has 0 aromatic carbocycles. The highest BCUT2D eigenvalue weighted by molar-refractivity contribution is 7.89. The Bertz CT molecular complexity index is 792. The van der Waals surface area contributed by atoms with Gasteiger partial charge in [0, 0.05) is 25.8 Å². The molecule has 1 aromatic heterocycles. The molecule has 0 bridgehead atoms. The van der Waals surface area contributed by atoms with E-state index in [1.807, 2.05) is 6.92 Å². The summed E-state index contributed by atoms with van der Waals surface area (Å²) in [7, 11) is -1.22. The Hall–Kier alpha value is -1.41. The minimum Gasteiger partial charge on any atom is -0.300 e. The molecule has 1 aliphatic carbocycles. The van der Waals surface area contributed by atoms with Crippen LogP contribution < -0.4 is 16.0 Å². The third-order valence-corrected chi connectivity index (χ3v) is 6.21. The van der Waals surface area contributed by atoms with Gasteiger partial charge in [-0.25, -0.2) is 17.9 Å². The van der Waals surface area contributed by atoms with E-state index in [-0.39, 0.29) is 22.5 Å². The lowest BCUT2D eigenvalue weighted by molar-refractivity contribution is 0.310. The number of nitrogens with one attached hydrogen (secondary N) is 1. The monoisotopic (exact) mass is 329 g/mol. The van der Waals surface area contributed by atoms with E-state index in [9.17, 15) is 18.0 Å². The maximum Gasteiger partial charge on any atom is 0.330 e. The summed E-state index contributed by atoms with van der Waals surface area (Å²) in [4.78, 5) is 23.8. The summed E-state index contributed by atoms with van der Waals surface area (Å²) >= 11 is 0.